The molecule has 3 atom stereocenters. The lowest BCUT2D eigenvalue weighted by Crippen LogP contribution is -2.20. The first-order valence-electron chi connectivity index (χ1n) is 5.39. The maximum atomic E-state index is 6.31. The van der Waals surface area contributed by atoms with E-state index in [9.17, 15) is 0 Å². The SMILES string of the molecule is C[Si](C)(Cl)CCC1CCC2OC2C1. The molecule has 2 aliphatic rings. The number of epoxide rings is 1. The second kappa shape index (κ2) is 3.56. The van der Waals surface area contributed by atoms with E-state index in [4.69, 9.17) is 15.8 Å². The summed E-state index contributed by atoms with van der Waals surface area (Å²) in [7, 11) is -1.32. The number of hydrogen-bond acceptors (Lipinski definition) is 1. The van der Waals surface area contributed by atoms with Crippen LogP contribution in [0.15, 0.2) is 0 Å². The summed E-state index contributed by atoms with van der Waals surface area (Å²) in [6.45, 7) is 4.49. The van der Waals surface area contributed by atoms with Crippen molar-refractivity contribution >= 4 is 18.5 Å². The predicted molar refractivity (Wildman–Crippen MR) is 58.8 cm³/mol. The second-order valence-corrected chi connectivity index (χ2v) is 12.2. The standard InChI is InChI=1S/C10H19ClOSi/c1-13(2,11)6-5-8-3-4-9-10(7-8)12-9/h8-10H,3-7H2,1-2H3. The molecule has 13 heavy (non-hydrogen) atoms. The molecule has 0 spiro atoms. The van der Waals surface area contributed by atoms with Crippen LogP contribution in [0, 0.1) is 5.92 Å². The smallest absolute Gasteiger partial charge is 0.150 e. The van der Waals surface area contributed by atoms with Gasteiger partial charge in [-0.3, -0.25) is 0 Å². The van der Waals surface area contributed by atoms with Gasteiger partial charge in [-0.15, -0.1) is 0 Å². The van der Waals surface area contributed by atoms with E-state index in [-0.39, 0.29) is 0 Å². The van der Waals surface area contributed by atoms with Crippen molar-refractivity contribution in [1.29, 1.82) is 0 Å². The molecule has 1 saturated heterocycles. The number of fused-ring (bicyclic) bond motifs is 1. The molecule has 0 amide bonds. The largest absolute Gasteiger partial charge is 0.370 e. The van der Waals surface area contributed by atoms with Crippen LogP contribution in [-0.4, -0.2) is 19.6 Å². The van der Waals surface area contributed by atoms with Crippen molar-refractivity contribution < 1.29 is 4.74 Å². The molecule has 1 nitrogen and oxygen atoms in total. The third-order valence-corrected chi connectivity index (χ3v) is 5.30. The van der Waals surface area contributed by atoms with Crippen LogP contribution in [0.1, 0.15) is 25.7 Å². The van der Waals surface area contributed by atoms with E-state index in [1.54, 1.807) is 0 Å². The molecule has 1 heterocycles. The van der Waals surface area contributed by atoms with Crippen LogP contribution in [0.2, 0.25) is 19.1 Å². The van der Waals surface area contributed by atoms with Gasteiger partial charge in [0.15, 0.2) is 7.38 Å². The lowest BCUT2D eigenvalue weighted by molar-refractivity contribution is 0.357. The number of halogens is 1. The Kier molecular flexibility index (Phi) is 2.74. The number of ether oxygens (including phenoxy) is 1. The Morgan fingerprint density at radius 1 is 1.31 bits per heavy atom. The molecule has 0 radical (unpaired) electrons. The fraction of sp³-hybridized carbons (Fsp3) is 1.00. The summed E-state index contributed by atoms with van der Waals surface area (Å²) in [5, 5.41) is 0. The maximum absolute atomic E-state index is 6.31. The zero-order valence-corrected chi connectivity index (χ0v) is 10.3. The van der Waals surface area contributed by atoms with Gasteiger partial charge >= 0.3 is 0 Å². The van der Waals surface area contributed by atoms with Crippen LogP contribution < -0.4 is 0 Å². The van der Waals surface area contributed by atoms with Crippen LogP contribution in [0.4, 0.5) is 0 Å². The molecule has 1 saturated carbocycles. The van der Waals surface area contributed by atoms with Gasteiger partial charge < -0.3 is 4.74 Å². The minimum absolute atomic E-state index is 0.638. The topological polar surface area (TPSA) is 12.5 Å². The Labute approximate surface area is 86.5 Å². The summed E-state index contributed by atoms with van der Waals surface area (Å²) >= 11 is 6.31. The molecule has 0 aromatic heterocycles. The molecule has 2 fully saturated rings. The maximum Gasteiger partial charge on any atom is 0.150 e. The third kappa shape index (κ3) is 2.96. The van der Waals surface area contributed by atoms with Gasteiger partial charge in [-0.2, -0.15) is 11.1 Å². The first-order chi connectivity index (χ1) is 6.04. The fourth-order valence-corrected chi connectivity index (χ4v) is 3.72. The average Bonchev–Trinajstić information content (AvgIpc) is 2.76. The molecule has 0 bridgehead atoms. The molecular formula is C10H19ClOSi. The minimum atomic E-state index is -1.32. The fourth-order valence-electron chi connectivity index (χ4n) is 2.30. The Morgan fingerprint density at radius 2 is 2.08 bits per heavy atom. The van der Waals surface area contributed by atoms with E-state index in [0.717, 1.165) is 5.92 Å². The van der Waals surface area contributed by atoms with Gasteiger partial charge in [0.25, 0.3) is 0 Å². The van der Waals surface area contributed by atoms with Crippen molar-refractivity contribution in [2.75, 3.05) is 0 Å². The van der Waals surface area contributed by atoms with Gasteiger partial charge in [0, 0.05) is 0 Å². The lowest BCUT2D eigenvalue weighted by atomic mass is 9.88. The monoisotopic (exact) mass is 218 g/mol. The Hall–Kier alpha value is 0.467. The highest BCUT2D eigenvalue weighted by atomic mass is 35.6. The van der Waals surface area contributed by atoms with E-state index >= 15 is 0 Å². The van der Waals surface area contributed by atoms with E-state index in [1.165, 1.54) is 31.7 Å². The van der Waals surface area contributed by atoms with Crippen LogP contribution in [0.25, 0.3) is 0 Å². The average molecular weight is 219 g/mol. The molecule has 0 aromatic carbocycles. The van der Waals surface area contributed by atoms with Gasteiger partial charge in [-0.25, -0.2) is 0 Å². The molecule has 1 aliphatic carbocycles. The van der Waals surface area contributed by atoms with Gasteiger partial charge in [0.05, 0.1) is 12.2 Å². The first-order valence-corrected chi connectivity index (χ1v) is 9.61. The highest BCUT2D eigenvalue weighted by molar-refractivity contribution is 7.19. The van der Waals surface area contributed by atoms with E-state index < -0.39 is 7.38 Å². The summed E-state index contributed by atoms with van der Waals surface area (Å²) in [5.74, 6) is 0.911. The lowest BCUT2D eigenvalue weighted by Gasteiger charge is -2.21. The summed E-state index contributed by atoms with van der Waals surface area (Å²) < 4.78 is 5.52. The quantitative estimate of drug-likeness (QED) is 0.402. The van der Waals surface area contributed by atoms with Gasteiger partial charge in [0.1, 0.15) is 0 Å². The molecular weight excluding hydrogens is 200 g/mol. The Morgan fingerprint density at radius 3 is 2.69 bits per heavy atom. The summed E-state index contributed by atoms with van der Waals surface area (Å²) in [6.07, 6.45) is 6.63. The first kappa shape index (κ1) is 10.0. The molecule has 3 heteroatoms. The Bertz CT molecular complexity index is 190. The minimum Gasteiger partial charge on any atom is -0.370 e. The van der Waals surface area contributed by atoms with Crippen molar-refractivity contribution in [3.05, 3.63) is 0 Å². The van der Waals surface area contributed by atoms with Crippen LogP contribution >= 0.6 is 11.1 Å². The summed E-state index contributed by atoms with van der Waals surface area (Å²) in [6, 6.07) is 1.27. The molecule has 3 unspecified atom stereocenters. The van der Waals surface area contributed by atoms with Crippen molar-refractivity contribution in [2.45, 2.75) is 57.0 Å². The van der Waals surface area contributed by atoms with Crippen LogP contribution in [0.3, 0.4) is 0 Å². The highest BCUT2D eigenvalue weighted by Gasteiger charge is 2.43. The molecule has 0 N–H and O–H groups in total. The van der Waals surface area contributed by atoms with Crippen LogP contribution in [0.5, 0.6) is 0 Å². The van der Waals surface area contributed by atoms with Gasteiger partial charge in [-0.05, 0) is 31.2 Å². The summed E-state index contributed by atoms with van der Waals surface area (Å²) in [4.78, 5) is 0. The van der Waals surface area contributed by atoms with Crippen molar-refractivity contribution in [3.63, 3.8) is 0 Å². The Balaban J connectivity index is 1.70. The zero-order valence-electron chi connectivity index (χ0n) is 8.55. The molecule has 0 aromatic rings. The molecule has 76 valence electrons. The highest BCUT2D eigenvalue weighted by Crippen LogP contribution is 2.41. The van der Waals surface area contributed by atoms with E-state index in [1.807, 2.05) is 0 Å². The summed E-state index contributed by atoms with van der Waals surface area (Å²) in [5.41, 5.74) is 0. The molecule has 2 rings (SSSR count). The number of rotatable bonds is 3. The van der Waals surface area contributed by atoms with Crippen molar-refractivity contribution in [3.8, 4) is 0 Å². The van der Waals surface area contributed by atoms with Gasteiger partial charge in [0.2, 0.25) is 0 Å². The van der Waals surface area contributed by atoms with E-state index in [2.05, 4.69) is 13.1 Å². The van der Waals surface area contributed by atoms with E-state index in [0.29, 0.717) is 12.2 Å². The van der Waals surface area contributed by atoms with Crippen LogP contribution in [-0.2, 0) is 4.74 Å². The van der Waals surface area contributed by atoms with Crippen molar-refractivity contribution in [1.82, 2.24) is 0 Å². The van der Waals surface area contributed by atoms with Crippen molar-refractivity contribution in [2.24, 2.45) is 5.92 Å². The predicted octanol–water partition coefficient (Wildman–Crippen LogP) is 3.39. The zero-order chi connectivity index (χ0) is 9.47. The normalized spacial score (nSPS) is 38.5. The second-order valence-electron chi connectivity index (χ2n) is 5.15. The van der Waals surface area contributed by atoms with Gasteiger partial charge in [-0.1, -0.05) is 19.5 Å². The molecule has 1 aliphatic heterocycles. The number of hydrogen-bond donors (Lipinski definition) is 0. The third-order valence-electron chi connectivity index (χ3n) is 3.26.